The van der Waals surface area contributed by atoms with Crippen LogP contribution in [0.1, 0.15) is 11.1 Å². The molecule has 0 saturated heterocycles. The normalized spacial score (nSPS) is 10.9. The van der Waals surface area contributed by atoms with Gasteiger partial charge in [0, 0.05) is 11.3 Å². The van der Waals surface area contributed by atoms with Gasteiger partial charge in [-0.3, -0.25) is 4.72 Å². The summed E-state index contributed by atoms with van der Waals surface area (Å²) in [7, 11) is -3.99. The summed E-state index contributed by atoms with van der Waals surface area (Å²) in [4.78, 5) is -0.234. The Labute approximate surface area is 121 Å². The predicted molar refractivity (Wildman–Crippen MR) is 77.5 cm³/mol. The van der Waals surface area contributed by atoms with E-state index in [1.165, 1.54) is 25.1 Å². The zero-order chi connectivity index (χ0) is 15.6. The predicted octanol–water partition coefficient (Wildman–Crippen LogP) is 2.39. The Bertz CT molecular complexity index is 842. The van der Waals surface area contributed by atoms with Crippen LogP contribution in [0, 0.1) is 24.1 Å². The Kier molecular flexibility index (Phi) is 3.82. The largest absolute Gasteiger partial charge is 0.399 e. The van der Waals surface area contributed by atoms with Gasteiger partial charge in [-0.15, -0.1) is 0 Å². The molecule has 0 fully saturated rings. The lowest BCUT2D eigenvalue weighted by Crippen LogP contribution is -2.15. The van der Waals surface area contributed by atoms with Crippen LogP contribution in [0.2, 0.25) is 0 Å². The lowest BCUT2D eigenvalue weighted by atomic mass is 10.2. The van der Waals surface area contributed by atoms with E-state index in [9.17, 15) is 12.8 Å². The summed E-state index contributed by atoms with van der Waals surface area (Å²) < 4.78 is 40.5. The van der Waals surface area contributed by atoms with Crippen LogP contribution in [0.15, 0.2) is 41.3 Å². The molecule has 108 valence electrons. The van der Waals surface area contributed by atoms with Crippen molar-refractivity contribution in [1.82, 2.24) is 0 Å². The van der Waals surface area contributed by atoms with Crippen molar-refractivity contribution in [2.75, 3.05) is 10.5 Å². The molecule has 0 aromatic heterocycles. The second-order valence-corrected chi connectivity index (χ2v) is 6.07. The minimum absolute atomic E-state index is 0.0178. The molecule has 3 N–H and O–H groups in total. The number of halogens is 1. The van der Waals surface area contributed by atoms with Gasteiger partial charge in [-0.1, -0.05) is 6.07 Å². The molecule has 2 aromatic carbocycles. The molecule has 21 heavy (non-hydrogen) atoms. The third kappa shape index (κ3) is 3.12. The molecule has 7 heteroatoms. The van der Waals surface area contributed by atoms with E-state index >= 15 is 0 Å². The third-order valence-corrected chi connectivity index (χ3v) is 4.36. The number of sulfonamides is 1. The molecule has 2 aromatic rings. The fourth-order valence-corrected chi connectivity index (χ4v) is 3.15. The molecule has 0 saturated carbocycles. The molecule has 0 aliphatic rings. The monoisotopic (exact) mass is 305 g/mol. The number of benzene rings is 2. The number of hydrogen-bond acceptors (Lipinski definition) is 4. The molecule has 0 radical (unpaired) electrons. The number of nitrogens with two attached hydrogens (primary N) is 1. The molecule has 0 aliphatic heterocycles. The smallest absolute Gasteiger partial charge is 0.262 e. The highest BCUT2D eigenvalue weighted by Gasteiger charge is 2.20. The molecule has 0 heterocycles. The van der Waals surface area contributed by atoms with Gasteiger partial charge in [-0.05, 0) is 37.3 Å². The number of nitrogens with zero attached hydrogens (tertiary/aromatic N) is 1. The van der Waals surface area contributed by atoms with Crippen LogP contribution in [0.4, 0.5) is 15.8 Å². The fourth-order valence-electron chi connectivity index (χ4n) is 1.82. The van der Waals surface area contributed by atoms with Crippen molar-refractivity contribution in [1.29, 1.82) is 5.26 Å². The van der Waals surface area contributed by atoms with Gasteiger partial charge in [0.25, 0.3) is 10.0 Å². The second kappa shape index (κ2) is 5.42. The van der Waals surface area contributed by atoms with Crippen LogP contribution in [0.5, 0.6) is 0 Å². The summed E-state index contributed by atoms with van der Waals surface area (Å²) in [6.45, 7) is 1.36. The standard InChI is InChI=1S/C14H12FN3O2S/c1-9-13(15)6-11(17)7-14(9)21(19,20)18-12-4-2-3-10(5-12)8-16/h2-7,18H,17H2,1H3. The quantitative estimate of drug-likeness (QED) is 0.851. The Morgan fingerprint density at radius 2 is 2.00 bits per heavy atom. The zero-order valence-corrected chi connectivity index (χ0v) is 11.9. The van der Waals surface area contributed by atoms with Crippen LogP contribution >= 0.6 is 0 Å². The summed E-state index contributed by atoms with van der Waals surface area (Å²) in [5.74, 6) is -0.693. The van der Waals surface area contributed by atoms with Gasteiger partial charge in [0.05, 0.1) is 22.2 Å². The van der Waals surface area contributed by atoms with E-state index < -0.39 is 15.8 Å². The average molecular weight is 305 g/mol. The molecule has 0 spiro atoms. The number of nitrogens with one attached hydrogen (secondary N) is 1. The van der Waals surface area contributed by atoms with Gasteiger partial charge >= 0.3 is 0 Å². The van der Waals surface area contributed by atoms with Gasteiger partial charge in [-0.25, -0.2) is 12.8 Å². The van der Waals surface area contributed by atoms with Crippen molar-refractivity contribution in [3.8, 4) is 6.07 Å². The van der Waals surface area contributed by atoms with Gasteiger partial charge in [0.1, 0.15) is 5.82 Å². The highest BCUT2D eigenvalue weighted by molar-refractivity contribution is 7.92. The summed E-state index contributed by atoms with van der Waals surface area (Å²) in [5.41, 5.74) is 6.02. The lowest BCUT2D eigenvalue weighted by molar-refractivity contribution is 0.591. The number of rotatable bonds is 3. The maximum Gasteiger partial charge on any atom is 0.262 e. The molecule has 0 amide bonds. The SMILES string of the molecule is Cc1c(F)cc(N)cc1S(=O)(=O)Nc1cccc(C#N)c1. The first kappa shape index (κ1) is 14.8. The molecule has 0 aliphatic carbocycles. The second-order valence-electron chi connectivity index (χ2n) is 4.42. The number of nitrogen functional groups attached to an aromatic ring is 1. The van der Waals surface area contributed by atoms with Crippen LogP contribution in [-0.2, 0) is 10.0 Å². The highest BCUT2D eigenvalue weighted by Crippen LogP contribution is 2.24. The van der Waals surface area contributed by atoms with Crippen molar-refractivity contribution in [3.05, 3.63) is 53.3 Å². The minimum Gasteiger partial charge on any atom is -0.399 e. The summed E-state index contributed by atoms with van der Waals surface area (Å²) >= 11 is 0. The van der Waals surface area contributed by atoms with E-state index in [1.807, 2.05) is 6.07 Å². The van der Waals surface area contributed by atoms with E-state index in [1.54, 1.807) is 12.1 Å². The van der Waals surface area contributed by atoms with Gasteiger partial charge in [0.2, 0.25) is 0 Å². The van der Waals surface area contributed by atoms with Gasteiger partial charge in [-0.2, -0.15) is 5.26 Å². The maximum atomic E-state index is 13.6. The van der Waals surface area contributed by atoms with Crippen LogP contribution in [0.3, 0.4) is 0 Å². The van der Waals surface area contributed by atoms with Crippen LogP contribution in [0.25, 0.3) is 0 Å². The van der Waals surface area contributed by atoms with E-state index in [0.29, 0.717) is 5.56 Å². The van der Waals surface area contributed by atoms with Crippen molar-refractivity contribution in [2.24, 2.45) is 0 Å². The number of anilines is 2. The van der Waals surface area contributed by atoms with E-state index in [-0.39, 0.29) is 21.8 Å². The molecule has 0 atom stereocenters. The number of hydrogen-bond donors (Lipinski definition) is 2. The first-order valence-corrected chi connectivity index (χ1v) is 7.40. The number of nitriles is 1. The van der Waals surface area contributed by atoms with Crippen molar-refractivity contribution < 1.29 is 12.8 Å². The Morgan fingerprint density at radius 1 is 1.29 bits per heavy atom. The van der Waals surface area contributed by atoms with Crippen molar-refractivity contribution in [3.63, 3.8) is 0 Å². The van der Waals surface area contributed by atoms with E-state index in [2.05, 4.69) is 4.72 Å². The summed E-state index contributed by atoms with van der Waals surface area (Å²) in [6, 6.07) is 10.1. The molecule has 2 rings (SSSR count). The molecule has 5 nitrogen and oxygen atoms in total. The van der Waals surface area contributed by atoms with Crippen LogP contribution < -0.4 is 10.5 Å². The molecular weight excluding hydrogens is 293 g/mol. The van der Waals surface area contributed by atoms with Crippen LogP contribution in [-0.4, -0.2) is 8.42 Å². The summed E-state index contributed by atoms with van der Waals surface area (Å²) in [6.07, 6.45) is 0. The van der Waals surface area contributed by atoms with Crippen molar-refractivity contribution in [2.45, 2.75) is 11.8 Å². The minimum atomic E-state index is -3.99. The van der Waals surface area contributed by atoms with E-state index in [4.69, 9.17) is 11.0 Å². The lowest BCUT2D eigenvalue weighted by Gasteiger charge is -2.12. The Morgan fingerprint density at radius 3 is 2.67 bits per heavy atom. The molecule has 0 bridgehead atoms. The topological polar surface area (TPSA) is 96.0 Å². The fraction of sp³-hybridized carbons (Fsp3) is 0.0714. The Balaban J connectivity index is 2.46. The first-order valence-electron chi connectivity index (χ1n) is 5.92. The molecular formula is C14H12FN3O2S. The van der Waals surface area contributed by atoms with E-state index in [0.717, 1.165) is 6.07 Å². The van der Waals surface area contributed by atoms with Gasteiger partial charge < -0.3 is 5.73 Å². The van der Waals surface area contributed by atoms with Gasteiger partial charge in [0.15, 0.2) is 0 Å². The molecule has 0 unspecified atom stereocenters. The summed E-state index contributed by atoms with van der Waals surface area (Å²) in [5, 5.41) is 8.80. The maximum absolute atomic E-state index is 13.6. The zero-order valence-electron chi connectivity index (χ0n) is 11.1. The first-order chi connectivity index (χ1) is 9.83. The average Bonchev–Trinajstić information content (AvgIpc) is 2.42. The highest BCUT2D eigenvalue weighted by atomic mass is 32.2. The third-order valence-electron chi connectivity index (χ3n) is 2.85. The van der Waals surface area contributed by atoms with Crippen molar-refractivity contribution >= 4 is 21.4 Å². The Hall–Kier alpha value is -2.59.